The summed E-state index contributed by atoms with van der Waals surface area (Å²) >= 11 is 4.51. The van der Waals surface area contributed by atoms with E-state index in [0.717, 1.165) is 30.7 Å². The number of aromatic nitrogens is 1. The van der Waals surface area contributed by atoms with Gasteiger partial charge in [-0.25, -0.2) is 13.4 Å². The Morgan fingerprint density at radius 1 is 1.09 bits per heavy atom. The minimum atomic E-state index is -3.58. The van der Waals surface area contributed by atoms with Crippen molar-refractivity contribution in [1.82, 2.24) is 9.29 Å². The van der Waals surface area contributed by atoms with Gasteiger partial charge in [0.1, 0.15) is 10.0 Å². The number of carbonyl (C=O) groups excluding carboxylic acids is 1. The molecule has 0 saturated carbocycles. The molecular formula is C24H23N3O3S4. The van der Waals surface area contributed by atoms with Crippen molar-refractivity contribution < 1.29 is 13.2 Å². The van der Waals surface area contributed by atoms with Crippen molar-refractivity contribution in [1.29, 1.82) is 0 Å². The van der Waals surface area contributed by atoms with Crippen LogP contribution in [0, 0.1) is 5.92 Å². The first-order valence-electron chi connectivity index (χ1n) is 10.8. The van der Waals surface area contributed by atoms with Gasteiger partial charge in [0, 0.05) is 29.5 Å². The zero-order chi connectivity index (χ0) is 23.7. The third-order valence-electron chi connectivity index (χ3n) is 5.94. The summed E-state index contributed by atoms with van der Waals surface area (Å²) in [5.74, 6) is -0.293. The van der Waals surface area contributed by atoms with Gasteiger partial charge in [0.15, 0.2) is 0 Å². The largest absolute Gasteiger partial charge is 0.317 e. The predicted molar refractivity (Wildman–Crippen MR) is 141 cm³/mol. The molecule has 0 aliphatic carbocycles. The Balaban J connectivity index is 1.26. The maximum absolute atomic E-state index is 13.2. The standard InChI is InChI=1S/C24H23N3O3S4/c1-31-20-8-4-5-9-21(20)34(29,30)27-13-10-16(11-14-27)22(28)26-23-17(12-15-32-23)24-25-18-6-2-3-7-19(18)33-24/h2-9,12,15-16H,10-11,13-14H2,1H3,(H,26,28). The number of sulfonamides is 1. The Bertz CT molecular complexity index is 1400. The number of piperidine rings is 1. The van der Waals surface area contributed by atoms with Crippen LogP contribution in [0.2, 0.25) is 0 Å². The summed E-state index contributed by atoms with van der Waals surface area (Å²) < 4.78 is 29.0. The average Bonchev–Trinajstić information content (AvgIpc) is 3.50. The summed E-state index contributed by atoms with van der Waals surface area (Å²) in [7, 11) is -3.58. The molecule has 0 spiro atoms. The number of hydrogen-bond acceptors (Lipinski definition) is 7. The molecule has 2 aromatic heterocycles. The van der Waals surface area contributed by atoms with Crippen LogP contribution in [0.5, 0.6) is 0 Å². The molecule has 34 heavy (non-hydrogen) atoms. The van der Waals surface area contributed by atoms with Crippen LogP contribution in [-0.4, -0.2) is 43.0 Å². The summed E-state index contributed by atoms with van der Waals surface area (Å²) in [5, 5.41) is 6.70. The van der Waals surface area contributed by atoms with E-state index in [0.29, 0.717) is 30.8 Å². The van der Waals surface area contributed by atoms with Gasteiger partial charge in [-0.15, -0.1) is 34.4 Å². The molecular weight excluding hydrogens is 507 g/mol. The zero-order valence-corrected chi connectivity index (χ0v) is 21.7. The summed E-state index contributed by atoms with van der Waals surface area (Å²) in [6.07, 6.45) is 2.86. The Kier molecular flexibility index (Phi) is 6.76. The number of anilines is 1. The molecule has 0 atom stereocenters. The third kappa shape index (κ3) is 4.52. The number of para-hydroxylation sites is 1. The molecule has 0 radical (unpaired) electrons. The number of benzene rings is 2. The lowest BCUT2D eigenvalue weighted by molar-refractivity contribution is -0.120. The number of carbonyl (C=O) groups is 1. The molecule has 6 nitrogen and oxygen atoms in total. The second kappa shape index (κ2) is 9.79. The second-order valence-corrected chi connectivity index (χ2v) is 12.7. The van der Waals surface area contributed by atoms with E-state index in [9.17, 15) is 13.2 Å². The number of amides is 1. The fraction of sp³-hybridized carbons (Fsp3) is 0.250. The van der Waals surface area contributed by atoms with Gasteiger partial charge in [0.05, 0.1) is 15.1 Å². The molecule has 1 saturated heterocycles. The fourth-order valence-corrected chi connectivity index (χ4v) is 8.55. The number of rotatable bonds is 6. The smallest absolute Gasteiger partial charge is 0.244 e. The summed E-state index contributed by atoms with van der Waals surface area (Å²) in [4.78, 5) is 18.8. The number of thiazole rings is 1. The van der Waals surface area contributed by atoms with Crippen molar-refractivity contribution in [2.75, 3.05) is 24.7 Å². The van der Waals surface area contributed by atoms with E-state index >= 15 is 0 Å². The van der Waals surface area contributed by atoms with Gasteiger partial charge in [0.2, 0.25) is 15.9 Å². The molecule has 5 rings (SSSR count). The number of fused-ring (bicyclic) bond motifs is 1. The number of thioether (sulfide) groups is 1. The maximum Gasteiger partial charge on any atom is 0.244 e. The Morgan fingerprint density at radius 3 is 2.59 bits per heavy atom. The number of thiophene rings is 1. The fourth-order valence-electron chi connectivity index (χ4n) is 4.11. The molecule has 3 heterocycles. The van der Waals surface area contributed by atoms with Crippen LogP contribution in [0.4, 0.5) is 5.00 Å². The Labute approximate surface area is 211 Å². The Morgan fingerprint density at radius 2 is 1.82 bits per heavy atom. The quantitative estimate of drug-likeness (QED) is 0.320. The van der Waals surface area contributed by atoms with Crippen LogP contribution in [0.25, 0.3) is 20.8 Å². The highest BCUT2D eigenvalue weighted by Crippen LogP contribution is 2.38. The first kappa shape index (κ1) is 23.5. The number of nitrogens with zero attached hydrogens (tertiary/aromatic N) is 2. The first-order chi connectivity index (χ1) is 16.5. The van der Waals surface area contributed by atoms with Crippen LogP contribution in [0.1, 0.15) is 12.8 Å². The summed E-state index contributed by atoms with van der Waals surface area (Å²) in [5.41, 5.74) is 1.87. The van der Waals surface area contributed by atoms with Crippen molar-refractivity contribution >= 4 is 65.6 Å². The third-order valence-corrected chi connectivity index (χ3v) is 10.7. The van der Waals surface area contributed by atoms with Crippen molar-refractivity contribution in [3.05, 3.63) is 60.0 Å². The van der Waals surface area contributed by atoms with Crippen LogP contribution in [-0.2, 0) is 14.8 Å². The molecule has 2 aromatic carbocycles. The van der Waals surface area contributed by atoms with Crippen molar-refractivity contribution in [3.63, 3.8) is 0 Å². The van der Waals surface area contributed by atoms with Gasteiger partial charge in [-0.3, -0.25) is 4.79 Å². The normalized spacial score (nSPS) is 15.6. The maximum atomic E-state index is 13.2. The molecule has 1 fully saturated rings. The van der Waals surface area contributed by atoms with Gasteiger partial charge in [-0.1, -0.05) is 24.3 Å². The molecule has 4 aromatic rings. The van der Waals surface area contributed by atoms with Crippen molar-refractivity contribution in [2.45, 2.75) is 22.6 Å². The summed E-state index contributed by atoms with van der Waals surface area (Å²) in [6, 6.07) is 17.0. The van der Waals surface area contributed by atoms with Gasteiger partial charge >= 0.3 is 0 Å². The molecule has 10 heteroatoms. The topological polar surface area (TPSA) is 79.4 Å². The second-order valence-electron chi connectivity index (χ2n) is 7.97. The molecule has 1 amide bonds. The van der Waals surface area contributed by atoms with Crippen LogP contribution in [0.15, 0.2) is 69.8 Å². The lowest BCUT2D eigenvalue weighted by Crippen LogP contribution is -2.41. The molecule has 1 aliphatic rings. The highest BCUT2D eigenvalue weighted by atomic mass is 32.2. The highest BCUT2D eigenvalue weighted by Gasteiger charge is 2.33. The van der Waals surface area contributed by atoms with Gasteiger partial charge in [0.25, 0.3) is 0 Å². The molecule has 0 bridgehead atoms. The minimum absolute atomic E-state index is 0.0635. The zero-order valence-electron chi connectivity index (χ0n) is 18.4. The van der Waals surface area contributed by atoms with E-state index < -0.39 is 10.0 Å². The van der Waals surface area contributed by atoms with E-state index in [1.807, 2.05) is 54.1 Å². The Hall–Kier alpha value is -2.24. The van der Waals surface area contributed by atoms with E-state index in [1.54, 1.807) is 23.5 Å². The van der Waals surface area contributed by atoms with Gasteiger partial charge in [-0.05, 0) is 54.8 Å². The number of nitrogens with one attached hydrogen (secondary N) is 1. The molecule has 176 valence electrons. The monoisotopic (exact) mass is 529 g/mol. The van der Waals surface area contributed by atoms with Crippen molar-refractivity contribution in [3.8, 4) is 10.6 Å². The first-order valence-corrected chi connectivity index (χ1v) is 15.2. The summed E-state index contributed by atoms with van der Waals surface area (Å²) in [6.45, 7) is 0.663. The van der Waals surface area contributed by atoms with Crippen LogP contribution in [0.3, 0.4) is 0 Å². The van der Waals surface area contributed by atoms with E-state index in [1.165, 1.54) is 27.4 Å². The lowest BCUT2D eigenvalue weighted by Gasteiger charge is -2.31. The average molecular weight is 530 g/mol. The van der Waals surface area contributed by atoms with E-state index in [2.05, 4.69) is 5.32 Å². The van der Waals surface area contributed by atoms with E-state index in [-0.39, 0.29) is 11.8 Å². The SMILES string of the molecule is CSc1ccccc1S(=O)(=O)N1CCC(C(=O)Nc2sccc2-c2nc3ccccc3s2)CC1. The predicted octanol–water partition coefficient (Wildman–Crippen LogP) is 5.79. The van der Waals surface area contributed by atoms with Crippen molar-refractivity contribution in [2.24, 2.45) is 5.92 Å². The van der Waals surface area contributed by atoms with Gasteiger partial charge < -0.3 is 5.32 Å². The van der Waals surface area contributed by atoms with Crippen LogP contribution >= 0.6 is 34.4 Å². The molecule has 1 N–H and O–H groups in total. The lowest BCUT2D eigenvalue weighted by atomic mass is 9.97. The molecule has 0 unspecified atom stereocenters. The molecule has 1 aliphatic heterocycles. The van der Waals surface area contributed by atoms with Crippen LogP contribution < -0.4 is 5.32 Å². The minimum Gasteiger partial charge on any atom is -0.317 e. The number of hydrogen-bond donors (Lipinski definition) is 1. The van der Waals surface area contributed by atoms with Gasteiger partial charge in [-0.2, -0.15) is 4.31 Å². The van der Waals surface area contributed by atoms with E-state index in [4.69, 9.17) is 4.98 Å². The highest BCUT2D eigenvalue weighted by molar-refractivity contribution is 7.99.